The summed E-state index contributed by atoms with van der Waals surface area (Å²) in [4.78, 5) is 14.0. The molecule has 0 atom stereocenters. The van der Waals surface area contributed by atoms with Crippen molar-refractivity contribution < 1.29 is 9.90 Å². The number of carbonyl (C=O) groups excluding carboxylic acids is 1. The Morgan fingerprint density at radius 1 is 1.09 bits per heavy atom. The van der Waals surface area contributed by atoms with Gasteiger partial charge in [-0.15, -0.1) is 0 Å². The summed E-state index contributed by atoms with van der Waals surface area (Å²) in [6, 6.07) is 13.1. The summed E-state index contributed by atoms with van der Waals surface area (Å²) in [6.07, 6.45) is 1.35. The number of anilines is 1. The molecule has 122 valence electrons. The lowest BCUT2D eigenvalue weighted by molar-refractivity contribution is -0.118. The summed E-state index contributed by atoms with van der Waals surface area (Å²) >= 11 is 12.2. The van der Waals surface area contributed by atoms with Crippen LogP contribution in [0.3, 0.4) is 0 Å². The van der Waals surface area contributed by atoms with Gasteiger partial charge in [-0.05, 0) is 42.2 Å². The van der Waals surface area contributed by atoms with E-state index in [2.05, 4.69) is 0 Å². The molecule has 0 aromatic heterocycles. The van der Waals surface area contributed by atoms with Crippen LogP contribution in [0.4, 0.5) is 5.69 Å². The Bertz CT molecular complexity index is 674. The molecule has 0 saturated carbocycles. The number of nitrogens with zero attached hydrogens (tertiary/aromatic N) is 1. The quantitative estimate of drug-likeness (QED) is 0.850. The maximum absolute atomic E-state index is 12.4. The maximum atomic E-state index is 12.4. The van der Waals surface area contributed by atoms with Gasteiger partial charge in [0.05, 0.1) is 10.0 Å². The summed E-state index contributed by atoms with van der Waals surface area (Å²) < 4.78 is 0. The molecule has 0 radical (unpaired) electrons. The number of amides is 1. The first-order valence-corrected chi connectivity index (χ1v) is 8.18. The van der Waals surface area contributed by atoms with Gasteiger partial charge in [0.1, 0.15) is 0 Å². The largest absolute Gasteiger partial charge is 0.396 e. The zero-order chi connectivity index (χ0) is 16.8. The van der Waals surface area contributed by atoms with E-state index < -0.39 is 0 Å². The summed E-state index contributed by atoms with van der Waals surface area (Å²) in [5.41, 5.74) is 2.63. The Kier molecular flexibility index (Phi) is 6.46. The van der Waals surface area contributed by atoms with Crippen molar-refractivity contribution >= 4 is 34.8 Å². The molecule has 1 amide bonds. The van der Waals surface area contributed by atoms with Crippen molar-refractivity contribution in [3.05, 3.63) is 63.6 Å². The zero-order valence-corrected chi connectivity index (χ0v) is 14.4. The third-order valence-corrected chi connectivity index (χ3v) is 4.62. The van der Waals surface area contributed by atoms with Gasteiger partial charge in [0.2, 0.25) is 5.91 Å². The zero-order valence-electron chi connectivity index (χ0n) is 12.9. The van der Waals surface area contributed by atoms with Crippen LogP contribution in [0.15, 0.2) is 42.5 Å². The molecule has 0 saturated heterocycles. The first kappa shape index (κ1) is 17.8. The van der Waals surface area contributed by atoms with Crippen molar-refractivity contribution in [3.8, 4) is 0 Å². The average molecular weight is 352 g/mol. The Morgan fingerprint density at radius 2 is 1.78 bits per heavy atom. The number of para-hydroxylation sites is 1. The standard InChI is InChI=1S/C18H19Cl2NO2/c1-21(14-5-3-2-4-6-14)17(23)10-8-13-7-9-16(19)18(20)15(13)11-12-22/h2-7,9,22H,8,10-12H2,1H3. The van der Waals surface area contributed by atoms with Crippen LogP contribution < -0.4 is 4.90 Å². The first-order valence-electron chi connectivity index (χ1n) is 7.42. The van der Waals surface area contributed by atoms with Crippen molar-refractivity contribution in [1.29, 1.82) is 0 Å². The number of hydrogen-bond acceptors (Lipinski definition) is 2. The highest BCUT2D eigenvalue weighted by atomic mass is 35.5. The fourth-order valence-electron chi connectivity index (χ4n) is 2.45. The molecule has 2 rings (SSSR count). The molecule has 0 aliphatic heterocycles. The molecule has 0 unspecified atom stereocenters. The Labute approximate surface area is 146 Å². The van der Waals surface area contributed by atoms with Gasteiger partial charge in [-0.25, -0.2) is 0 Å². The van der Waals surface area contributed by atoms with E-state index in [1.54, 1.807) is 18.0 Å². The second-order valence-corrected chi connectivity index (χ2v) is 6.05. The molecule has 0 heterocycles. The smallest absolute Gasteiger partial charge is 0.227 e. The van der Waals surface area contributed by atoms with Crippen LogP contribution >= 0.6 is 23.2 Å². The monoisotopic (exact) mass is 351 g/mol. The number of rotatable bonds is 6. The number of halogens is 2. The van der Waals surface area contributed by atoms with E-state index in [0.717, 1.165) is 16.8 Å². The SMILES string of the molecule is CN(C(=O)CCc1ccc(Cl)c(Cl)c1CCO)c1ccccc1. The second-order valence-electron chi connectivity index (χ2n) is 5.26. The Hall–Kier alpha value is -1.55. The normalized spacial score (nSPS) is 10.6. The van der Waals surface area contributed by atoms with Crippen LogP contribution in [-0.4, -0.2) is 24.7 Å². The summed E-state index contributed by atoms with van der Waals surface area (Å²) in [7, 11) is 1.77. The summed E-state index contributed by atoms with van der Waals surface area (Å²) in [5, 5.41) is 10.1. The molecule has 3 nitrogen and oxygen atoms in total. The lowest BCUT2D eigenvalue weighted by Gasteiger charge is -2.18. The van der Waals surface area contributed by atoms with Crippen LogP contribution in [0.25, 0.3) is 0 Å². The van der Waals surface area contributed by atoms with Crippen molar-refractivity contribution in [2.75, 3.05) is 18.6 Å². The molecule has 2 aromatic rings. The van der Waals surface area contributed by atoms with Crippen molar-refractivity contribution in [3.63, 3.8) is 0 Å². The van der Waals surface area contributed by atoms with E-state index in [-0.39, 0.29) is 12.5 Å². The minimum Gasteiger partial charge on any atom is -0.396 e. The Balaban J connectivity index is 2.09. The minimum atomic E-state index is -0.00900. The van der Waals surface area contributed by atoms with E-state index in [1.807, 2.05) is 36.4 Å². The van der Waals surface area contributed by atoms with Gasteiger partial charge in [0.15, 0.2) is 0 Å². The minimum absolute atomic E-state index is 0.00900. The lowest BCUT2D eigenvalue weighted by Crippen LogP contribution is -2.26. The van der Waals surface area contributed by atoms with Crippen LogP contribution in [0.5, 0.6) is 0 Å². The lowest BCUT2D eigenvalue weighted by atomic mass is 10.00. The molecule has 0 aliphatic rings. The van der Waals surface area contributed by atoms with E-state index in [1.165, 1.54) is 0 Å². The highest BCUT2D eigenvalue weighted by molar-refractivity contribution is 6.42. The van der Waals surface area contributed by atoms with E-state index in [0.29, 0.717) is 29.3 Å². The first-order chi connectivity index (χ1) is 11.0. The van der Waals surface area contributed by atoms with E-state index in [4.69, 9.17) is 23.2 Å². The van der Waals surface area contributed by atoms with Crippen molar-refractivity contribution in [2.24, 2.45) is 0 Å². The number of aliphatic hydroxyl groups excluding tert-OH is 1. The number of hydrogen-bond donors (Lipinski definition) is 1. The topological polar surface area (TPSA) is 40.5 Å². The predicted molar refractivity (Wildman–Crippen MR) is 95.4 cm³/mol. The van der Waals surface area contributed by atoms with Crippen LogP contribution in [0, 0.1) is 0 Å². The Morgan fingerprint density at radius 3 is 2.43 bits per heavy atom. The molecule has 0 bridgehead atoms. The van der Waals surface area contributed by atoms with Gasteiger partial charge in [0, 0.05) is 25.8 Å². The van der Waals surface area contributed by atoms with E-state index >= 15 is 0 Å². The molecule has 1 N–H and O–H groups in total. The second kappa shape index (κ2) is 8.34. The van der Waals surface area contributed by atoms with Crippen molar-refractivity contribution in [1.82, 2.24) is 0 Å². The highest BCUT2D eigenvalue weighted by Gasteiger charge is 2.14. The van der Waals surface area contributed by atoms with Gasteiger partial charge in [-0.2, -0.15) is 0 Å². The number of aryl methyl sites for hydroxylation is 1. The third-order valence-electron chi connectivity index (χ3n) is 3.78. The molecule has 0 fully saturated rings. The van der Waals surface area contributed by atoms with Gasteiger partial charge < -0.3 is 10.0 Å². The van der Waals surface area contributed by atoms with Crippen molar-refractivity contribution in [2.45, 2.75) is 19.3 Å². The summed E-state index contributed by atoms with van der Waals surface area (Å²) in [5.74, 6) is 0.0252. The number of benzene rings is 2. The van der Waals surface area contributed by atoms with Crippen LogP contribution in [0.1, 0.15) is 17.5 Å². The summed E-state index contributed by atoms with van der Waals surface area (Å²) in [6.45, 7) is -0.00900. The molecular formula is C18H19Cl2NO2. The van der Waals surface area contributed by atoms with E-state index in [9.17, 15) is 9.90 Å². The van der Waals surface area contributed by atoms with Gasteiger partial charge in [-0.1, -0.05) is 47.5 Å². The number of carbonyl (C=O) groups is 1. The molecular weight excluding hydrogens is 333 g/mol. The number of aliphatic hydroxyl groups is 1. The average Bonchev–Trinajstić information content (AvgIpc) is 2.58. The predicted octanol–water partition coefficient (Wildman–Crippen LogP) is 4.12. The molecule has 5 heteroatoms. The molecule has 23 heavy (non-hydrogen) atoms. The molecule has 0 aliphatic carbocycles. The molecule has 2 aromatic carbocycles. The third kappa shape index (κ3) is 4.47. The maximum Gasteiger partial charge on any atom is 0.227 e. The van der Waals surface area contributed by atoms with Gasteiger partial charge in [-0.3, -0.25) is 4.79 Å². The van der Waals surface area contributed by atoms with Crippen LogP contribution in [0.2, 0.25) is 10.0 Å². The highest BCUT2D eigenvalue weighted by Crippen LogP contribution is 2.30. The van der Waals surface area contributed by atoms with Crippen LogP contribution in [-0.2, 0) is 17.6 Å². The van der Waals surface area contributed by atoms with Gasteiger partial charge >= 0.3 is 0 Å². The molecule has 0 spiro atoms. The fourth-order valence-corrected chi connectivity index (χ4v) is 2.91. The van der Waals surface area contributed by atoms with Gasteiger partial charge in [0.25, 0.3) is 0 Å². The fraction of sp³-hybridized carbons (Fsp3) is 0.278.